The van der Waals surface area contributed by atoms with Gasteiger partial charge in [0.2, 0.25) is 17.8 Å². The molecule has 3 saturated heterocycles. The first-order chi connectivity index (χ1) is 18.6. The fourth-order valence-electron chi connectivity index (χ4n) is 5.21. The summed E-state index contributed by atoms with van der Waals surface area (Å²) in [5.74, 6) is 2.24. The maximum Gasteiger partial charge on any atom is 0.232 e. The molecule has 6 rings (SSSR count). The topological polar surface area (TPSA) is 64.1 Å². The fraction of sp³-hybridized carbons (Fsp3) is 0.444. The molecule has 1 aromatic heterocycles. The van der Waals surface area contributed by atoms with E-state index in [0.717, 1.165) is 105 Å². The third-order valence-corrected chi connectivity index (χ3v) is 7.84. The van der Waals surface area contributed by atoms with Crippen molar-refractivity contribution in [2.75, 3.05) is 103 Å². The third-order valence-electron chi connectivity index (χ3n) is 7.37. The number of piperazine rings is 2. The highest BCUT2D eigenvalue weighted by Crippen LogP contribution is 2.26. The summed E-state index contributed by atoms with van der Waals surface area (Å²) in [7, 11) is 0. The predicted octanol–water partition coefficient (Wildman–Crippen LogP) is 3.67. The molecule has 0 aliphatic carbocycles. The van der Waals surface area contributed by atoms with E-state index in [9.17, 15) is 0 Å². The monoisotopic (exact) mass is 554 g/mol. The van der Waals surface area contributed by atoms with Crippen molar-refractivity contribution in [3.05, 3.63) is 58.6 Å². The van der Waals surface area contributed by atoms with Gasteiger partial charge in [0, 0.05) is 86.9 Å². The van der Waals surface area contributed by atoms with E-state index >= 15 is 0 Å². The first-order valence-corrected chi connectivity index (χ1v) is 14.0. The Hall–Kier alpha value is -3.01. The summed E-state index contributed by atoms with van der Waals surface area (Å²) in [6.45, 7) is 9.81. The summed E-state index contributed by atoms with van der Waals surface area (Å²) >= 11 is 12.5. The molecule has 0 spiro atoms. The van der Waals surface area contributed by atoms with E-state index in [1.54, 1.807) is 0 Å². The number of rotatable bonds is 5. The van der Waals surface area contributed by atoms with Crippen LogP contribution >= 0.6 is 23.2 Å². The number of morpholine rings is 1. The van der Waals surface area contributed by atoms with Crippen molar-refractivity contribution in [1.82, 2.24) is 15.0 Å². The molecule has 0 atom stereocenters. The van der Waals surface area contributed by atoms with Crippen molar-refractivity contribution < 1.29 is 4.74 Å². The van der Waals surface area contributed by atoms with E-state index < -0.39 is 0 Å². The van der Waals surface area contributed by atoms with Crippen LogP contribution < -0.4 is 24.5 Å². The van der Waals surface area contributed by atoms with Gasteiger partial charge in [-0.05, 0) is 36.4 Å². The summed E-state index contributed by atoms with van der Waals surface area (Å²) in [5, 5.41) is 1.52. The molecule has 0 bridgehead atoms. The van der Waals surface area contributed by atoms with Gasteiger partial charge in [0.25, 0.3) is 0 Å². The lowest BCUT2D eigenvalue weighted by molar-refractivity contribution is 0.122. The Morgan fingerprint density at radius 1 is 0.500 bits per heavy atom. The second-order valence-electron chi connectivity index (χ2n) is 9.74. The van der Waals surface area contributed by atoms with E-state index in [-0.39, 0.29) is 0 Å². The SMILES string of the molecule is Clc1cccc(N2CCN(c3nc(N4CCOCC4)nc(N4CCN(c5cccc(Cl)c5)CC4)n3)CC2)c1. The number of anilines is 5. The van der Waals surface area contributed by atoms with E-state index in [0.29, 0.717) is 13.2 Å². The zero-order valence-corrected chi connectivity index (χ0v) is 22.9. The molecule has 0 unspecified atom stereocenters. The lowest BCUT2D eigenvalue weighted by Crippen LogP contribution is -2.49. The quantitative estimate of drug-likeness (QED) is 0.470. The number of nitrogens with zero attached hydrogens (tertiary/aromatic N) is 8. The molecule has 3 aliphatic rings. The highest BCUT2D eigenvalue weighted by molar-refractivity contribution is 6.31. The van der Waals surface area contributed by atoms with Crippen LogP contribution in [0.5, 0.6) is 0 Å². The average molecular weight is 556 g/mol. The summed E-state index contributed by atoms with van der Waals surface area (Å²) < 4.78 is 5.58. The molecule has 200 valence electrons. The Balaban J connectivity index is 1.19. The van der Waals surface area contributed by atoms with E-state index in [4.69, 9.17) is 42.9 Å². The van der Waals surface area contributed by atoms with Gasteiger partial charge in [-0.1, -0.05) is 35.3 Å². The molecule has 38 heavy (non-hydrogen) atoms. The molecule has 0 saturated carbocycles. The van der Waals surface area contributed by atoms with Gasteiger partial charge in [-0.15, -0.1) is 0 Å². The second kappa shape index (κ2) is 11.4. The van der Waals surface area contributed by atoms with Crippen molar-refractivity contribution >= 4 is 52.4 Å². The predicted molar refractivity (Wildman–Crippen MR) is 155 cm³/mol. The van der Waals surface area contributed by atoms with Crippen molar-refractivity contribution in [3.63, 3.8) is 0 Å². The molecular weight excluding hydrogens is 523 g/mol. The molecule has 3 aromatic rings. The largest absolute Gasteiger partial charge is 0.378 e. The zero-order valence-electron chi connectivity index (χ0n) is 21.3. The van der Waals surface area contributed by atoms with Crippen LogP contribution in [-0.4, -0.2) is 93.6 Å². The van der Waals surface area contributed by atoms with Gasteiger partial charge in [0.15, 0.2) is 0 Å². The summed E-state index contributed by atoms with van der Waals surface area (Å²) in [6.07, 6.45) is 0. The van der Waals surface area contributed by atoms with E-state index in [1.807, 2.05) is 36.4 Å². The van der Waals surface area contributed by atoms with Crippen LogP contribution in [-0.2, 0) is 4.74 Å². The molecule has 0 N–H and O–H groups in total. The van der Waals surface area contributed by atoms with Crippen molar-refractivity contribution in [2.24, 2.45) is 0 Å². The highest BCUT2D eigenvalue weighted by Gasteiger charge is 2.26. The Morgan fingerprint density at radius 3 is 1.26 bits per heavy atom. The van der Waals surface area contributed by atoms with Gasteiger partial charge < -0.3 is 29.2 Å². The first kappa shape index (κ1) is 25.3. The van der Waals surface area contributed by atoms with Crippen LogP contribution in [0.4, 0.5) is 29.2 Å². The Morgan fingerprint density at radius 2 is 0.868 bits per heavy atom. The lowest BCUT2D eigenvalue weighted by Gasteiger charge is -2.38. The van der Waals surface area contributed by atoms with Gasteiger partial charge in [-0.3, -0.25) is 0 Å². The molecule has 0 radical (unpaired) electrons. The summed E-state index contributed by atoms with van der Waals surface area (Å²) in [4.78, 5) is 26.4. The molecule has 0 amide bonds. The number of aromatic nitrogens is 3. The second-order valence-corrected chi connectivity index (χ2v) is 10.6. The van der Waals surface area contributed by atoms with Crippen LogP contribution in [0.15, 0.2) is 48.5 Å². The molecule has 11 heteroatoms. The number of benzene rings is 2. The minimum Gasteiger partial charge on any atom is -0.378 e. The van der Waals surface area contributed by atoms with Gasteiger partial charge in [0.1, 0.15) is 0 Å². The number of halogens is 2. The lowest BCUT2D eigenvalue weighted by atomic mass is 10.2. The maximum atomic E-state index is 6.23. The summed E-state index contributed by atoms with van der Waals surface area (Å²) in [5.41, 5.74) is 2.31. The minimum absolute atomic E-state index is 0.687. The molecule has 3 fully saturated rings. The summed E-state index contributed by atoms with van der Waals surface area (Å²) in [6, 6.07) is 16.1. The molecule has 4 heterocycles. The first-order valence-electron chi connectivity index (χ1n) is 13.2. The third kappa shape index (κ3) is 5.70. The highest BCUT2D eigenvalue weighted by atomic mass is 35.5. The fourth-order valence-corrected chi connectivity index (χ4v) is 5.57. The van der Waals surface area contributed by atoms with Gasteiger partial charge in [-0.2, -0.15) is 15.0 Å². The van der Waals surface area contributed by atoms with E-state index in [2.05, 4.69) is 36.6 Å². The number of hydrogen-bond acceptors (Lipinski definition) is 9. The standard InChI is InChI=1S/C27H32Cl2N8O/c28-21-3-1-5-23(19-21)33-7-11-35(12-8-33)25-30-26(32-27(31-25)37-15-17-38-18-16-37)36-13-9-34(10-14-36)24-6-2-4-22(29)20-24/h1-6,19-20H,7-18H2. The smallest absolute Gasteiger partial charge is 0.232 e. The molecule has 3 aliphatic heterocycles. The Bertz CT molecular complexity index is 1160. The van der Waals surface area contributed by atoms with Crippen LogP contribution in [0.2, 0.25) is 10.0 Å². The maximum absolute atomic E-state index is 6.23. The van der Waals surface area contributed by atoms with Crippen LogP contribution in [0.25, 0.3) is 0 Å². The minimum atomic E-state index is 0.687. The Labute approximate surface area is 233 Å². The van der Waals surface area contributed by atoms with Crippen molar-refractivity contribution in [2.45, 2.75) is 0 Å². The zero-order chi connectivity index (χ0) is 25.9. The Kier molecular flexibility index (Phi) is 7.58. The van der Waals surface area contributed by atoms with E-state index in [1.165, 1.54) is 0 Å². The normalized spacial score (nSPS) is 18.7. The molecule has 9 nitrogen and oxygen atoms in total. The van der Waals surface area contributed by atoms with Crippen LogP contribution in [0, 0.1) is 0 Å². The molecular formula is C27H32Cl2N8O. The van der Waals surface area contributed by atoms with Gasteiger partial charge in [0.05, 0.1) is 13.2 Å². The molecule has 2 aromatic carbocycles. The average Bonchev–Trinajstić information content (AvgIpc) is 2.97. The van der Waals surface area contributed by atoms with Gasteiger partial charge in [-0.25, -0.2) is 0 Å². The number of hydrogen-bond donors (Lipinski definition) is 0. The van der Waals surface area contributed by atoms with Crippen molar-refractivity contribution in [3.8, 4) is 0 Å². The van der Waals surface area contributed by atoms with Crippen molar-refractivity contribution in [1.29, 1.82) is 0 Å². The van der Waals surface area contributed by atoms with Crippen LogP contribution in [0.1, 0.15) is 0 Å². The van der Waals surface area contributed by atoms with Crippen LogP contribution in [0.3, 0.4) is 0 Å². The van der Waals surface area contributed by atoms with Gasteiger partial charge >= 0.3 is 0 Å². The number of ether oxygens (including phenoxy) is 1.